The standard InChI is InChI=1S/C20H26N4.2C2H6.CH5NO2S/c1-3-14-11-16(12-15(14)4-2)23-19-18-9-10-24(17-7-5-6-8-17)20(18)22-13-21-19;2*1-2;1-4-5(2)3/h3,9-10,13,16-17H,1,4-8,11-12H2,2H3,(H,21,22,23);2*1-2H3;2H2,1H3. The highest BCUT2D eigenvalue weighted by Crippen LogP contribution is 2.35. The van der Waals surface area contributed by atoms with Gasteiger partial charge in [0.1, 0.15) is 17.8 Å². The topological polar surface area (TPSA) is 95.1 Å². The van der Waals surface area contributed by atoms with Gasteiger partial charge in [0.05, 0.1) is 12.5 Å². The first-order chi connectivity index (χ1) is 16.1. The molecule has 2 aliphatic carbocycles. The van der Waals surface area contributed by atoms with Crippen LogP contribution < -0.4 is 10.5 Å². The van der Waals surface area contributed by atoms with Crippen LogP contribution >= 0.6 is 0 Å². The molecule has 2 aromatic rings. The molecular formula is C25H43N5O2S. The van der Waals surface area contributed by atoms with Crippen LogP contribution in [0.15, 0.2) is 42.4 Å². The third kappa shape index (κ3) is 8.05. The average molecular weight is 478 g/mol. The number of aromatic nitrogens is 3. The quantitative estimate of drug-likeness (QED) is 0.514. The second-order valence-electron chi connectivity index (χ2n) is 7.48. The van der Waals surface area contributed by atoms with Gasteiger partial charge in [-0.1, -0.05) is 65.7 Å². The van der Waals surface area contributed by atoms with Crippen molar-refractivity contribution in [3.63, 3.8) is 0 Å². The Balaban J connectivity index is 0.000000529. The molecule has 0 aromatic carbocycles. The smallest absolute Gasteiger partial charge is 0.231 e. The minimum atomic E-state index is -1.57. The normalized spacial score (nSPS) is 18.5. The lowest BCUT2D eigenvalue weighted by atomic mass is 10.1. The van der Waals surface area contributed by atoms with Crippen LogP contribution in [0, 0.1) is 0 Å². The first-order valence-electron chi connectivity index (χ1n) is 12.2. The van der Waals surface area contributed by atoms with Crippen molar-refractivity contribution in [3.8, 4) is 0 Å². The van der Waals surface area contributed by atoms with E-state index in [-0.39, 0.29) is 0 Å². The van der Waals surface area contributed by atoms with Gasteiger partial charge in [0.15, 0.2) is 0 Å². The number of anilines is 1. The molecule has 0 bridgehead atoms. The second-order valence-corrected chi connectivity index (χ2v) is 8.34. The van der Waals surface area contributed by atoms with Crippen LogP contribution in [0.5, 0.6) is 0 Å². The van der Waals surface area contributed by atoms with Gasteiger partial charge in [-0.3, -0.25) is 4.18 Å². The molecule has 0 amide bonds. The fourth-order valence-corrected chi connectivity index (χ4v) is 4.37. The molecule has 0 spiro atoms. The monoisotopic (exact) mass is 477 g/mol. The molecule has 3 N–H and O–H groups in total. The van der Waals surface area contributed by atoms with Gasteiger partial charge in [-0.05, 0) is 43.7 Å². The van der Waals surface area contributed by atoms with Gasteiger partial charge < -0.3 is 9.88 Å². The highest BCUT2D eigenvalue weighted by atomic mass is 32.2. The Morgan fingerprint density at radius 1 is 1.24 bits per heavy atom. The Hall–Kier alpha value is -2.03. The zero-order chi connectivity index (χ0) is 24.8. The summed E-state index contributed by atoms with van der Waals surface area (Å²) in [6.45, 7) is 14.2. The highest BCUT2D eigenvalue weighted by Gasteiger charge is 2.24. The van der Waals surface area contributed by atoms with Gasteiger partial charge in [0.2, 0.25) is 11.3 Å². The summed E-state index contributed by atoms with van der Waals surface area (Å²) >= 11 is -1.57. The summed E-state index contributed by atoms with van der Waals surface area (Å²) in [5.74, 6) is 0.975. The summed E-state index contributed by atoms with van der Waals surface area (Å²) in [5, 5.41) is 9.35. The summed E-state index contributed by atoms with van der Waals surface area (Å²) in [7, 11) is 1.27. The van der Waals surface area contributed by atoms with Crippen LogP contribution in [0.1, 0.15) is 85.6 Å². The minimum Gasteiger partial charge on any atom is -0.366 e. The number of fused-ring (bicyclic) bond motifs is 1. The SMILES string of the molecule is C=CC1=C(CC)CC(Nc2ncnc3c2ccn3C2CCCC2)C1.CC.CC.COS(N)=O. The molecule has 1 fully saturated rings. The van der Waals surface area contributed by atoms with E-state index in [1.54, 1.807) is 6.33 Å². The molecular weight excluding hydrogens is 434 g/mol. The van der Waals surface area contributed by atoms with Crippen molar-refractivity contribution >= 4 is 28.1 Å². The van der Waals surface area contributed by atoms with Gasteiger partial charge in [0.25, 0.3) is 0 Å². The predicted molar refractivity (Wildman–Crippen MR) is 141 cm³/mol. The second kappa shape index (κ2) is 15.7. The summed E-state index contributed by atoms with van der Waals surface area (Å²) in [6.07, 6.45) is 14.4. The van der Waals surface area contributed by atoms with Crippen molar-refractivity contribution in [1.29, 1.82) is 0 Å². The van der Waals surface area contributed by atoms with E-state index in [1.807, 2.05) is 33.8 Å². The molecule has 2 atom stereocenters. The van der Waals surface area contributed by atoms with Crippen molar-refractivity contribution < 1.29 is 8.39 Å². The lowest BCUT2D eigenvalue weighted by molar-refractivity contribution is 0.446. The van der Waals surface area contributed by atoms with Crippen molar-refractivity contribution in [2.24, 2.45) is 5.14 Å². The maximum absolute atomic E-state index is 9.48. The Labute approximate surface area is 202 Å². The molecule has 2 unspecified atom stereocenters. The summed E-state index contributed by atoms with van der Waals surface area (Å²) < 4.78 is 15.8. The van der Waals surface area contributed by atoms with Crippen molar-refractivity contribution in [2.75, 3.05) is 12.4 Å². The number of nitrogens with two attached hydrogens (primary N) is 1. The van der Waals surface area contributed by atoms with Crippen molar-refractivity contribution in [2.45, 2.75) is 91.6 Å². The van der Waals surface area contributed by atoms with E-state index in [0.29, 0.717) is 12.1 Å². The maximum atomic E-state index is 9.48. The zero-order valence-corrected chi connectivity index (χ0v) is 22.1. The molecule has 2 aliphatic rings. The molecule has 2 heterocycles. The van der Waals surface area contributed by atoms with Gasteiger partial charge in [-0.2, -0.15) is 0 Å². The average Bonchev–Trinajstić information content (AvgIpc) is 3.61. The zero-order valence-electron chi connectivity index (χ0n) is 21.3. The van der Waals surface area contributed by atoms with Crippen LogP contribution in [0.25, 0.3) is 11.0 Å². The number of hydrogen-bond donors (Lipinski definition) is 2. The van der Waals surface area contributed by atoms with Crippen LogP contribution in [-0.4, -0.2) is 31.9 Å². The van der Waals surface area contributed by atoms with Gasteiger partial charge >= 0.3 is 0 Å². The molecule has 4 rings (SSSR count). The molecule has 33 heavy (non-hydrogen) atoms. The number of nitrogens with zero attached hydrogens (tertiary/aromatic N) is 3. The first-order valence-corrected chi connectivity index (χ1v) is 13.3. The molecule has 0 radical (unpaired) electrons. The van der Waals surface area contributed by atoms with Gasteiger partial charge in [-0.25, -0.2) is 19.3 Å². The molecule has 2 aromatic heterocycles. The summed E-state index contributed by atoms with van der Waals surface area (Å²) in [5.41, 5.74) is 4.00. The number of nitrogens with one attached hydrogen (secondary N) is 1. The van der Waals surface area contributed by atoms with Crippen LogP contribution in [0.3, 0.4) is 0 Å². The van der Waals surface area contributed by atoms with E-state index in [1.165, 1.54) is 43.9 Å². The molecule has 8 heteroatoms. The molecule has 1 saturated carbocycles. The maximum Gasteiger partial charge on any atom is 0.231 e. The lowest BCUT2D eigenvalue weighted by Gasteiger charge is -2.16. The molecule has 0 saturated heterocycles. The molecule has 7 nitrogen and oxygen atoms in total. The Morgan fingerprint density at radius 3 is 2.39 bits per heavy atom. The lowest BCUT2D eigenvalue weighted by Crippen LogP contribution is -2.17. The van der Waals surface area contributed by atoms with Crippen molar-refractivity contribution in [1.82, 2.24) is 14.5 Å². The third-order valence-electron chi connectivity index (χ3n) is 5.82. The fraction of sp³-hybridized carbons (Fsp3) is 0.600. The van der Waals surface area contributed by atoms with E-state index >= 15 is 0 Å². The number of allylic oxidation sites excluding steroid dienone is 1. The summed E-state index contributed by atoms with van der Waals surface area (Å²) in [6, 6.07) is 3.20. The van der Waals surface area contributed by atoms with Gasteiger partial charge in [-0.15, -0.1) is 0 Å². The largest absolute Gasteiger partial charge is 0.366 e. The minimum absolute atomic E-state index is 0.417. The van der Waals surface area contributed by atoms with E-state index in [2.05, 4.69) is 54.9 Å². The number of rotatable bonds is 6. The van der Waals surface area contributed by atoms with E-state index in [4.69, 9.17) is 0 Å². The predicted octanol–water partition coefficient (Wildman–Crippen LogP) is 6.24. The van der Waals surface area contributed by atoms with Crippen LogP contribution in [-0.2, 0) is 15.4 Å². The number of hydrogen-bond acceptors (Lipinski definition) is 5. The van der Waals surface area contributed by atoms with Crippen molar-refractivity contribution in [3.05, 3.63) is 42.4 Å². The Bertz CT molecular complexity index is 903. The van der Waals surface area contributed by atoms with Crippen LogP contribution in [0.2, 0.25) is 0 Å². The molecule has 186 valence electrons. The van der Waals surface area contributed by atoms with E-state index < -0.39 is 11.3 Å². The third-order valence-corrected chi connectivity index (χ3v) is 6.15. The molecule has 0 aliphatic heterocycles. The Kier molecular flexibility index (Phi) is 13.8. The fourth-order valence-electron chi connectivity index (χ4n) is 4.37. The van der Waals surface area contributed by atoms with E-state index in [0.717, 1.165) is 36.1 Å². The van der Waals surface area contributed by atoms with E-state index in [9.17, 15) is 4.21 Å². The first kappa shape index (κ1) is 29.0. The van der Waals surface area contributed by atoms with Crippen LogP contribution in [0.4, 0.5) is 5.82 Å². The Morgan fingerprint density at radius 2 is 1.88 bits per heavy atom. The summed E-state index contributed by atoms with van der Waals surface area (Å²) in [4.78, 5) is 9.10. The van der Waals surface area contributed by atoms with Gasteiger partial charge in [0, 0.05) is 18.3 Å². The highest BCUT2D eigenvalue weighted by molar-refractivity contribution is 7.77.